The average Bonchev–Trinajstić information content (AvgIpc) is 2.75. The first-order valence-corrected chi connectivity index (χ1v) is 5.77. The third kappa shape index (κ3) is 2.57. The van der Waals surface area contributed by atoms with Crippen LogP contribution in [0.25, 0.3) is 0 Å². The van der Waals surface area contributed by atoms with Crippen molar-refractivity contribution in [1.82, 2.24) is 5.43 Å². The van der Waals surface area contributed by atoms with Gasteiger partial charge in [-0.15, -0.1) is 0 Å². The van der Waals surface area contributed by atoms with Gasteiger partial charge in [0.2, 0.25) is 0 Å². The van der Waals surface area contributed by atoms with Gasteiger partial charge in [-0.05, 0) is 43.0 Å². The minimum atomic E-state index is 0.0195. The van der Waals surface area contributed by atoms with E-state index in [0.717, 1.165) is 17.7 Å². The molecule has 2 aromatic rings. The van der Waals surface area contributed by atoms with Crippen molar-refractivity contribution < 1.29 is 4.42 Å². The number of benzene rings is 1. The van der Waals surface area contributed by atoms with Crippen LogP contribution in [0.15, 0.2) is 41.0 Å². The lowest BCUT2D eigenvalue weighted by Gasteiger charge is -2.16. The summed E-state index contributed by atoms with van der Waals surface area (Å²) < 4.78 is 5.49. The van der Waals surface area contributed by atoms with Crippen molar-refractivity contribution in [2.24, 2.45) is 5.84 Å². The summed E-state index contributed by atoms with van der Waals surface area (Å²) in [6, 6.07) is 10.3. The molecule has 0 amide bonds. The fourth-order valence-electron chi connectivity index (χ4n) is 2.03. The van der Waals surface area contributed by atoms with Gasteiger partial charge in [-0.1, -0.05) is 24.3 Å². The van der Waals surface area contributed by atoms with Crippen molar-refractivity contribution in [3.8, 4) is 0 Å². The second kappa shape index (κ2) is 5.17. The first-order valence-electron chi connectivity index (χ1n) is 5.77. The third-order valence-corrected chi connectivity index (χ3v) is 3.10. The van der Waals surface area contributed by atoms with E-state index in [1.54, 1.807) is 6.26 Å². The Morgan fingerprint density at radius 2 is 1.94 bits per heavy atom. The van der Waals surface area contributed by atoms with Gasteiger partial charge in [-0.3, -0.25) is 5.84 Å². The van der Waals surface area contributed by atoms with E-state index in [1.807, 2.05) is 25.1 Å². The Morgan fingerprint density at radius 3 is 2.53 bits per heavy atom. The molecule has 2 rings (SSSR count). The second-order valence-corrected chi connectivity index (χ2v) is 4.32. The van der Waals surface area contributed by atoms with Crippen molar-refractivity contribution in [1.29, 1.82) is 0 Å². The number of hydrogen-bond donors (Lipinski definition) is 2. The smallest absolute Gasteiger partial charge is 0.125 e. The van der Waals surface area contributed by atoms with E-state index in [0.29, 0.717) is 0 Å². The van der Waals surface area contributed by atoms with Gasteiger partial charge in [-0.2, -0.15) is 0 Å². The molecule has 0 aliphatic heterocycles. The number of hydrazine groups is 1. The molecule has 3 N–H and O–H groups in total. The van der Waals surface area contributed by atoms with Crippen LogP contribution in [-0.4, -0.2) is 0 Å². The molecule has 0 fully saturated rings. The maximum absolute atomic E-state index is 5.62. The summed E-state index contributed by atoms with van der Waals surface area (Å²) in [5.41, 5.74) is 6.51. The standard InChI is InChI=1S/C14H18N2O/c1-10-5-3-4-6-12(10)9-13(16-15)14-11(2)7-8-17-14/h3-8,13,16H,9,15H2,1-2H3. The van der Waals surface area contributed by atoms with Crippen molar-refractivity contribution in [3.05, 3.63) is 59.0 Å². The van der Waals surface area contributed by atoms with Crippen LogP contribution >= 0.6 is 0 Å². The zero-order valence-electron chi connectivity index (χ0n) is 10.2. The summed E-state index contributed by atoms with van der Waals surface area (Å²) in [7, 11) is 0. The van der Waals surface area contributed by atoms with E-state index in [-0.39, 0.29) is 6.04 Å². The van der Waals surface area contributed by atoms with Crippen molar-refractivity contribution in [2.45, 2.75) is 26.3 Å². The van der Waals surface area contributed by atoms with Gasteiger partial charge in [0.1, 0.15) is 5.76 Å². The summed E-state index contributed by atoms with van der Waals surface area (Å²) >= 11 is 0. The van der Waals surface area contributed by atoms with Crippen molar-refractivity contribution in [3.63, 3.8) is 0 Å². The molecule has 0 spiro atoms. The lowest BCUT2D eigenvalue weighted by atomic mass is 9.99. The maximum Gasteiger partial charge on any atom is 0.125 e. The normalized spacial score (nSPS) is 12.6. The van der Waals surface area contributed by atoms with Crippen LogP contribution in [0, 0.1) is 13.8 Å². The van der Waals surface area contributed by atoms with Gasteiger partial charge in [-0.25, -0.2) is 5.43 Å². The molecule has 0 saturated heterocycles. The Kier molecular flexibility index (Phi) is 3.61. The van der Waals surface area contributed by atoms with E-state index in [4.69, 9.17) is 10.3 Å². The van der Waals surface area contributed by atoms with Crippen LogP contribution in [0.5, 0.6) is 0 Å². The molecule has 3 nitrogen and oxygen atoms in total. The lowest BCUT2D eigenvalue weighted by molar-refractivity contribution is 0.413. The van der Waals surface area contributed by atoms with Crippen LogP contribution in [-0.2, 0) is 6.42 Å². The highest BCUT2D eigenvalue weighted by Crippen LogP contribution is 2.23. The van der Waals surface area contributed by atoms with Crippen LogP contribution in [0.4, 0.5) is 0 Å². The lowest BCUT2D eigenvalue weighted by Crippen LogP contribution is -2.29. The van der Waals surface area contributed by atoms with Gasteiger partial charge in [0.15, 0.2) is 0 Å². The monoisotopic (exact) mass is 230 g/mol. The Hall–Kier alpha value is -1.58. The Morgan fingerprint density at radius 1 is 1.18 bits per heavy atom. The highest BCUT2D eigenvalue weighted by atomic mass is 16.3. The summed E-state index contributed by atoms with van der Waals surface area (Å²) in [6.45, 7) is 4.14. The molecule has 0 aliphatic rings. The average molecular weight is 230 g/mol. The Bertz CT molecular complexity index is 490. The Balaban J connectivity index is 2.22. The van der Waals surface area contributed by atoms with E-state index >= 15 is 0 Å². The summed E-state index contributed by atoms with van der Waals surface area (Å²) in [5.74, 6) is 6.53. The quantitative estimate of drug-likeness (QED) is 0.627. The van der Waals surface area contributed by atoms with Crippen molar-refractivity contribution >= 4 is 0 Å². The summed E-state index contributed by atoms with van der Waals surface area (Å²) in [4.78, 5) is 0. The number of nitrogens with two attached hydrogens (primary N) is 1. The molecule has 0 radical (unpaired) electrons. The SMILES string of the molecule is Cc1ccccc1CC(NN)c1occc1C. The molecule has 1 aromatic carbocycles. The summed E-state index contributed by atoms with van der Waals surface area (Å²) in [5, 5.41) is 0. The van der Waals surface area contributed by atoms with Crippen molar-refractivity contribution in [2.75, 3.05) is 0 Å². The first kappa shape index (κ1) is 11.9. The topological polar surface area (TPSA) is 51.2 Å². The van der Waals surface area contributed by atoms with E-state index < -0.39 is 0 Å². The molecule has 90 valence electrons. The molecule has 1 heterocycles. The van der Waals surface area contributed by atoms with Gasteiger partial charge in [0, 0.05) is 0 Å². The van der Waals surface area contributed by atoms with E-state index in [9.17, 15) is 0 Å². The molecule has 1 aromatic heterocycles. The van der Waals surface area contributed by atoms with Gasteiger partial charge in [0.05, 0.1) is 12.3 Å². The fraction of sp³-hybridized carbons (Fsp3) is 0.286. The molecule has 1 unspecified atom stereocenters. The minimum Gasteiger partial charge on any atom is -0.467 e. The third-order valence-electron chi connectivity index (χ3n) is 3.10. The number of aryl methyl sites for hydroxylation is 2. The van der Waals surface area contributed by atoms with E-state index in [1.165, 1.54) is 11.1 Å². The minimum absolute atomic E-state index is 0.0195. The maximum atomic E-state index is 5.62. The second-order valence-electron chi connectivity index (χ2n) is 4.32. The molecule has 1 atom stereocenters. The fourth-order valence-corrected chi connectivity index (χ4v) is 2.03. The van der Waals surface area contributed by atoms with Crippen LogP contribution < -0.4 is 11.3 Å². The molecule has 0 aliphatic carbocycles. The molecular weight excluding hydrogens is 212 g/mol. The molecule has 17 heavy (non-hydrogen) atoms. The first-order chi connectivity index (χ1) is 8.22. The van der Waals surface area contributed by atoms with Crippen LogP contribution in [0.3, 0.4) is 0 Å². The van der Waals surface area contributed by atoms with Gasteiger partial charge in [0.25, 0.3) is 0 Å². The highest BCUT2D eigenvalue weighted by molar-refractivity contribution is 5.28. The van der Waals surface area contributed by atoms with E-state index in [2.05, 4.69) is 24.5 Å². The number of rotatable bonds is 4. The molecular formula is C14H18N2O. The predicted molar refractivity (Wildman–Crippen MR) is 68.4 cm³/mol. The number of hydrogen-bond acceptors (Lipinski definition) is 3. The van der Waals surface area contributed by atoms with Gasteiger partial charge < -0.3 is 4.42 Å². The summed E-state index contributed by atoms with van der Waals surface area (Å²) in [6.07, 6.45) is 2.53. The van der Waals surface area contributed by atoms with Crippen LogP contribution in [0.2, 0.25) is 0 Å². The van der Waals surface area contributed by atoms with Gasteiger partial charge >= 0.3 is 0 Å². The highest BCUT2D eigenvalue weighted by Gasteiger charge is 2.16. The number of nitrogens with one attached hydrogen (secondary N) is 1. The zero-order valence-corrected chi connectivity index (χ0v) is 10.2. The largest absolute Gasteiger partial charge is 0.467 e. The van der Waals surface area contributed by atoms with Crippen LogP contribution in [0.1, 0.15) is 28.5 Å². The zero-order chi connectivity index (χ0) is 12.3. The molecule has 0 bridgehead atoms. The predicted octanol–water partition coefficient (Wildman–Crippen LogP) is 2.64. The Labute approximate surface area is 102 Å². The number of furan rings is 1. The molecule has 3 heteroatoms. The molecule has 0 saturated carbocycles.